The molecule has 2 amide bonds. The zero-order valence-corrected chi connectivity index (χ0v) is 21.8. The SMILES string of the molecule is C=CCCOC(=O)[C@H]1[C@H]2C(=O)N(CCO)C(C(=O)N(CC=C)c3ccc(OC)cc3)C23CC(Br)[C@@H]1O3. The lowest BCUT2D eigenvalue weighted by Gasteiger charge is -2.37. The number of aliphatic hydroxyl groups excluding tert-OH is 1. The van der Waals surface area contributed by atoms with Gasteiger partial charge in [0, 0.05) is 23.6 Å². The summed E-state index contributed by atoms with van der Waals surface area (Å²) in [7, 11) is 1.56. The lowest BCUT2D eigenvalue weighted by atomic mass is 9.70. The molecule has 194 valence electrons. The minimum absolute atomic E-state index is 0.0583. The zero-order chi connectivity index (χ0) is 26.0. The first kappa shape index (κ1) is 26.4. The molecular weight excluding hydrogens is 532 g/mol. The molecule has 10 heteroatoms. The van der Waals surface area contributed by atoms with Gasteiger partial charge in [-0.3, -0.25) is 14.4 Å². The molecule has 3 unspecified atom stereocenters. The van der Waals surface area contributed by atoms with Gasteiger partial charge in [-0.15, -0.1) is 13.2 Å². The lowest BCUT2D eigenvalue weighted by Crippen LogP contribution is -2.57. The van der Waals surface area contributed by atoms with E-state index in [2.05, 4.69) is 29.1 Å². The Morgan fingerprint density at radius 2 is 2.03 bits per heavy atom. The van der Waals surface area contributed by atoms with Crippen molar-refractivity contribution in [1.82, 2.24) is 4.90 Å². The Balaban J connectivity index is 1.72. The number of nitrogens with zero attached hydrogens (tertiary/aromatic N) is 2. The van der Waals surface area contributed by atoms with Crippen LogP contribution in [0.1, 0.15) is 12.8 Å². The lowest BCUT2D eigenvalue weighted by molar-refractivity contribution is -0.154. The first-order valence-corrected chi connectivity index (χ1v) is 12.8. The van der Waals surface area contributed by atoms with E-state index in [0.717, 1.165) is 0 Å². The second-order valence-electron chi connectivity index (χ2n) is 9.10. The van der Waals surface area contributed by atoms with E-state index in [-0.39, 0.29) is 42.9 Å². The van der Waals surface area contributed by atoms with E-state index in [1.54, 1.807) is 43.5 Å². The summed E-state index contributed by atoms with van der Waals surface area (Å²) in [6.45, 7) is 7.37. The number of anilines is 1. The fourth-order valence-electron chi connectivity index (χ4n) is 5.73. The van der Waals surface area contributed by atoms with Crippen molar-refractivity contribution in [1.29, 1.82) is 0 Å². The van der Waals surface area contributed by atoms with Gasteiger partial charge in [-0.2, -0.15) is 0 Å². The van der Waals surface area contributed by atoms with Crippen molar-refractivity contribution >= 4 is 39.4 Å². The minimum Gasteiger partial charge on any atom is -0.497 e. The van der Waals surface area contributed by atoms with E-state index in [4.69, 9.17) is 14.2 Å². The predicted molar refractivity (Wildman–Crippen MR) is 136 cm³/mol. The topological polar surface area (TPSA) is 106 Å². The number of amides is 2. The van der Waals surface area contributed by atoms with E-state index in [0.29, 0.717) is 24.3 Å². The van der Waals surface area contributed by atoms with Gasteiger partial charge in [0.15, 0.2) is 0 Å². The number of fused-ring (bicyclic) bond motifs is 1. The number of likely N-dealkylation sites (tertiary alicyclic amines) is 1. The van der Waals surface area contributed by atoms with Crippen LogP contribution in [-0.4, -0.2) is 83.8 Å². The summed E-state index contributed by atoms with van der Waals surface area (Å²) < 4.78 is 17.1. The van der Waals surface area contributed by atoms with E-state index in [1.807, 2.05) is 0 Å². The maximum Gasteiger partial charge on any atom is 0.312 e. The molecule has 3 heterocycles. The Bertz CT molecular complexity index is 1030. The monoisotopic (exact) mass is 562 g/mol. The number of carbonyl (C=O) groups excluding carboxylic acids is 3. The summed E-state index contributed by atoms with van der Waals surface area (Å²) in [6, 6.07) is 5.96. The molecule has 1 spiro atoms. The Labute approximate surface area is 218 Å². The molecule has 3 fully saturated rings. The van der Waals surface area contributed by atoms with Crippen LogP contribution in [0.5, 0.6) is 5.75 Å². The number of β-amino-alcohol motifs (C(OH)–C–C–N with tert-alkyl or cyclic N) is 1. The number of methoxy groups -OCH3 is 1. The zero-order valence-electron chi connectivity index (χ0n) is 20.2. The number of hydrogen-bond acceptors (Lipinski definition) is 7. The number of rotatable bonds is 11. The highest BCUT2D eigenvalue weighted by atomic mass is 79.9. The van der Waals surface area contributed by atoms with Gasteiger partial charge in [0.05, 0.1) is 38.3 Å². The maximum atomic E-state index is 14.2. The molecular formula is C26H31BrN2O7. The first-order valence-electron chi connectivity index (χ1n) is 11.9. The molecule has 1 aromatic rings. The summed E-state index contributed by atoms with van der Waals surface area (Å²) >= 11 is 3.62. The molecule has 2 bridgehead atoms. The van der Waals surface area contributed by atoms with Crippen LogP contribution in [0.3, 0.4) is 0 Å². The van der Waals surface area contributed by atoms with Crippen LogP contribution < -0.4 is 9.64 Å². The van der Waals surface area contributed by atoms with Gasteiger partial charge in [-0.05, 0) is 37.1 Å². The van der Waals surface area contributed by atoms with Gasteiger partial charge in [-0.25, -0.2) is 0 Å². The molecule has 0 radical (unpaired) electrons. The quantitative estimate of drug-likeness (QED) is 0.190. The van der Waals surface area contributed by atoms with Crippen LogP contribution in [-0.2, 0) is 23.9 Å². The van der Waals surface area contributed by atoms with Crippen LogP contribution in [0.25, 0.3) is 0 Å². The second-order valence-corrected chi connectivity index (χ2v) is 10.3. The van der Waals surface area contributed by atoms with Gasteiger partial charge in [0.1, 0.15) is 17.4 Å². The second kappa shape index (κ2) is 10.7. The van der Waals surface area contributed by atoms with Crippen LogP contribution in [0.15, 0.2) is 49.6 Å². The molecule has 3 aliphatic rings. The molecule has 4 rings (SSSR count). The van der Waals surface area contributed by atoms with Crippen LogP contribution in [0.4, 0.5) is 5.69 Å². The van der Waals surface area contributed by atoms with Crippen molar-refractivity contribution < 1.29 is 33.7 Å². The van der Waals surface area contributed by atoms with Crippen LogP contribution in [0, 0.1) is 11.8 Å². The van der Waals surface area contributed by atoms with E-state index < -0.39 is 35.6 Å². The number of alkyl halides is 1. The Morgan fingerprint density at radius 3 is 2.64 bits per heavy atom. The van der Waals surface area contributed by atoms with Gasteiger partial charge in [0.25, 0.3) is 5.91 Å². The third kappa shape index (κ3) is 4.25. The minimum atomic E-state index is -1.23. The average Bonchev–Trinajstić information content (AvgIpc) is 3.46. The van der Waals surface area contributed by atoms with Gasteiger partial charge < -0.3 is 29.1 Å². The Morgan fingerprint density at radius 1 is 1.31 bits per heavy atom. The smallest absolute Gasteiger partial charge is 0.312 e. The largest absolute Gasteiger partial charge is 0.497 e. The molecule has 6 atom stereocenters. The fourth-order valence-corrected chi connectivity index (χ4v) is 6.67. The van der Waals surface area contributed by atoms with Gasteiger partial charge in [-0.1, -0.05) is 28.1 Å². The summed E-state index contributed by atoms with van der Waals surface area (Å²) in [5.41, 5.74) is -0.629. The van der Waals surface area contributed by atoms with Crippen molar-refractivity contribution in [3.05, 3.63) is 49.6 Å². The summed E-state index contributed by atoms with van der Waals surface area (Å²) in [6.07, 6.45) is 3.50. The molecule has 3 saturated heterocycles. The molecule has 0 aromatic heterocycles. The number of carbonyl (C=O) groups is 3. The molecule has 1 aromatic carbocycles. The Hall–Kier alpha value is -2.69. The number of ether oxygens (including phenoxy) is 3. The molecule has 3 aliphatic heterocycles. The van der Waals surface area contributed by atoms with Crippen molar-refractivity contribution in [2.75, 3.05) is 38.3 Å². The highest BCUT2D eigenvalue weighted by molar-refractivity contribution is 9.09. The molecule has 0 saturated carbocycles. The number of esters is 1. The standard InChI is InChI=1S/C26H31BrN2O7/c1-4-6-14-35-25(33)19-20-23(31)29(12-13-30)22(26(20)15-18(27)21(19)36-26)24(32)28(11-5-2)16-7-9-17(34-3)10-8-16/h4-5,7-10,18-22,30H,1-2,6,11-15H2,3H3/t18?,19-,20-,21-,22?,26?/m0/s1. The van der Waals surface area contributed by atoms with Crippen molar-refractivity contribution in [3.63, 3.8) is 0 Å². The molecule has 9 nitrogen and oxygen atoms in total. The number of halogens is 1. The predicted octanol–water partition coefficient (Wildman–Crippen LogP) is 2.07. The molecule has 1 N–H and O–H groups in total. The highest BCUT2D eigenvalue weighted by Gasteiger charge is 2.77. The number of hydrogen-bond donors (Lipinski definition) is 1. The van der Waals surface area contributed by atoms with E-state index >= 15 is 0 Å². The van der Waals surface area contributed by atoms with E-state index in [1.165, 1.54) is 9.80 Å². The summed E-state index contributed by atoms with van der Waals surface area (Å²) in [5.74, 6) is -2.38. The number of aliphatic hydroxyl groups is 1. The number of benzene rings is 1. The van der Waals surface area contributed by atoms with Crippen molar-refractivity contribution in [2.24, 2.45) is 11.8 Å². The van der Waals surface area contributed by atoms with Gasteiger partial charge >= 0.3 is 5.97 Å². The fraction of sp³-hybridized carbons (Fsp3) is 0.500. The average molecular weight is 563 g/mol. The summed E-state index contributed by atoms with van der Waals surface area (Å²) in [5, 5.41) is 9.76. The summed E-state index contributed by atoms with van der Waals surface area (Å²) in [4.78, 5) is 43.7. The van der Waals surface area contributed by atoms with E-state index in [9.17, 15) is 19.5 Å². The third-order valence-corrected chi connectivity index (χ3v) is 8.01. The third-order valence-electron chi connectivity index (χ3n) is 7.16. The van der Waals surface area contributed by atoms with Crippen molar-refractivity contribution in [2.45, 2.75) is 35.4 Å². The van der Waals surface area contributed by atoms with Gasteiger partial charge in [0.2, 0.25) is 5.91 Å². The van der Waals surface area contributed by atoms with Crippen LogP contribution in [0.2, 0.25) is 0 Å². The molecule has 36 heavy (non-hydrogen) atoms. The highest BCUT2D eigenvalue weighted by Crippen LogP contribution is 2.60. The normalized spacial score (nSPS) is 30.1. The Kier molecular flexibility index (Phi) is 7.87. The first-order chi connectivity index (χ1) is 17.3. The maximum absolute atomic E-state index is 14.2. The van der Waals surface area contributed by atoms with Crippen LogP contribution >= 0.6 is 15.9 Å². The van der Waals surface area contributed by atoms with Crippen molar-refractivity contribution in [3.8, 4) is 5.75 Å². The molecule has 0 aliphatic carbocycles.